The second-order valence-electron chi connectivity index (χ2n) is 8.30. The van der Waals surface area contributed by atoms with Crippen LogP contribution in [0.15, 0.2) is 30.5 Å². The van der Waals surface area contributed by atoms with Crippen molar-refractivity contribution >= 4 is 22.2 Å². The average molecular weight is 429 g/mol. The van der Waals surface area contributed by atoms with Crippen molar-refractivity contribution in [1.82, 2.24) is 15.2 Å². The lowest BCUT2D eigenvalue weighted by atomic mass is 9.79. The molecule has 2 aromatic rings. The van der Waals surface area contributed by atoms with Crippen molar-refractivity contribution in [2.45, 2.75) is 31.8 Å². The fourth-order valence-electron chi connectivity index (χ4n) is 4.78. The highest BCUT2D eigenvalue weighted by molar-refractivity contribution is 7.17. The Kier molecular flexibility index (Phi) is 5.62. The number of anilines is 1. The zero-order valence-electron chi connectivity index (χ0n) is 17.3. The van der Waals surface area contributed by atoms with E-state index in [1.807, 2.05) is 30.5 Å². The Balaban J connectivity index is 1.19. The maximum atomic E-state index is 12.8. The largest absolute Gasteiger partial charge is 0.431 e. The van der Waals surface area contributed by atoms with Crippen LogP contribution in [0, 0.1) is 5.92 Å². The number of hydrogen-bond acceptors (Lipinski definition) is 7. The fourth-order valence-corrected chi connectivity index (χ4v) is 5.62. The molecule has 30 heavy (non-hydrogen) atoms. The van der Waals surface area contributed by atoms with Gasteiger partial charge in [0.15, 0.2) is 0 Å². The normalized spacial score (nSPS) is 28.4. The first-order valence-electron chi connectivity index (χ1n) is 10.8. The summed E-state index contributed by atoms with van der Waals surface area (Å²) in [4.78, 5) is 21.9. The van der Waals surface area contributed by atoms with Crippen LogP contribution in [0.1, 0.15) is 30.1 Å². The molecule has 4 saturated heterocycles. The standard InChI is InChI=1S/C22H28N4O3S/c1-15-20(16-6-8-25(15)9-7-16)24-21(27)17-2-4-18(5-3-17)29-22-23-14-19(30-22)26-10-12-28-13-11-26/h2-5,14-16,20H,6-13H2,1H3,(H,24,27)/t15-,20-/m0/s1. The molecule has 1 aromatic heterocycles. The van der Waals surface area contributed by atoms with Gasteiger partial charge in [0.05, 0.1) is 19.4 Å². The molecule has 4 aliphatic rings. The molecule has 0 unspecified atom stereocenters. The Morgan fingerprint density at radius 2 is 1.90 bits per heavy atom. The predicted octanol–water partition coefficient (Wildman–Crippen LogP) is 2.98. The van der Waals surface area contributed by atoms with Crippen LogP contribution in [0.2, 0.25) is 0 Å². The second kappa shape index (κ2) is 8.53. The van der Waals surface area contributed by atoms with Crippen LogP contribution in [0.3, 0.4) is 0 Å². The molecule has 5 heterocycles. The van der Waals surface area contributed by atoms with Crippen LogP contribution in [-0.4, -0.2) is 67.3 Å². The molecule has 4 aliphatic heterocycles. The van der Waals surface area contributed by atoms with Gasteiger partial charge in [-0.3, -0.25) is 9.69 Å². The SMILES string of the molecule is C[C@H]1[C@H](NC(=O)c2ccc(Oc3ncc(N4CCOCC4)s3)cc2)C2CCN1CC2. The van der Waals surface area contributed by atoms with Gasteiger partial charge in [-0.1, -0.05) is 11.3 Å². The minimum Gasteiger partial charge on any atom is -0.431 e. The van der Waals surface area contributed by atoms with Crippen molar-refractivity contribution in [1.29, 1.82) is 0 Å². The van der Waals surface area contributed by atoms with Gasteiger partial charge in [-0.15, -0.1) is 0 Å². The molecule has 0 spiro atoms. The van der Waals surface area contributed by atoms with Crippen LogP contribution >= 0.6 is 11.3 Å². The number of fused-ring (bicyclic) bond motifs is 3. The van der Waals surface area contributed by atoms with Crippen LogP contribution in [0.25, 0.3) is 0 Å². The maximum absolute atomic E-state index is 12.8. The van der Waals surface area contributed by atoms with Crippen molar-refractivity contribution in [3.05, 3.63) is 36.0 Å². The minimum absolute atomic E-state index is 0.00370. The van der Waals surface area contributed by atoms with E-state index in [9.17, 15) is 4.79 Å². The van der Waals surface area contributed by atoms with Crippen molar-refractivity contribution < 1.29 is 14.3 Å². The summed E-state index contributed by atoms with van der Waals surface area (Å²) in [5, 5.41) is 4.98. The molecular formula is C22H28N4O3S. The summed E-state index contributed by atoms with van der Waals surface area (Å²) >= 11 is 1.53. The van der Waals surface area contributed by atoms with Crippen LogP contribution < -0.4 is 15.0 Å². The summed E-state index contributed by atoms with van der Waals surface area (Å²) in [5.41, 5.74) is 0.666. The number of ether oxygens (including phenoxy) is 2. The molecule has 6 rings (SSSR count). The van der Waals surface area contributed by atoms with Crippen molar-refractivity contribution in [3.63, 3.8) is 0 Å². The van der Waals surface area contributed by atoms with Gasteiger partial charge in [0.25, 0.3) is 11.1 Å². The number of benzene rings is 1. The van der Waals surface area contributed by atoms with E-state index in [4.69, 9.17) is 9.47 Å². The van der Waals surface area contributed by atoms with Crippen molar-refractivity contribution in [2.24, 2.45) is 5.92 Å². The third-order valence-corrected chi connectivity index (χ3v) is 7.53. The van der Waals surface area contributed by atoms with Gasteiger partial charge < -0.3 is 19.7 Å². The van der Waals surface area contributed by atoms with Crippen LogP contribution in [0.4, 0.5) is 5.00 Å². The van der Waals surface area contributed by atoms with E-state index >= 15 is 0 Å². The lowest BCUT2D eigenvalue weighted by molar-refractivity contribution is 0.0217. The van der Waals surface area contributed by atoms with E-state index in [1.165, 1.54) is 24.2 Å². The second-order valence-corrected chi connectivity index (χ2v) is 9.28. The summed E-state index contributed by atoms with van der Waals surface area (Å²) in [7, 11) is 0. The van der Waals surface area contributed by atoms with Crippen LogP contribution in [-0.2, 0) is 4.74 Å². The van der Waals surface area contributed by atoms with Crippen molar-refractivity contribution in [3.8, 4) is 10.9 Å². The van der Waals surface area contributed by atoms with Gasteiger partial charge in [0.1, 0.15) is 10.8 Å². The Hall–Kier alpha value is -2.16. The lowest BCUT2D eigenvalue weighted by Gasteiger charge is -2.49. The van der Waals surface area contributed by atoms with E-state index in [-0.39, 0.29) is 11.9 Å². The maximum Gasteiger partial charge on any atom is 0.280 e. The monoisotopic (exact) mass is 428 g/mol. The molecule has 2 atom stereocenters. The Bertz CT molecular complexity index is 871. The first-order chi connectivity index (χ1) is 14.7. The molecule has 4 fully saturated rings. The van der Waals surface area contributed by atoms with Gasteiger partial charge in [0.2, 0.25) is 0 Å². The number of thiazole rings is 1. The number of rotatable bonds is 5. The lowest BCUT2D eigenvalue weighted by Crippen LogP contribution is -2.62. The van der Waals surface area contributed by atoms with Gasteiger partial charge in [-0.2, -0.15) is 0 Å². The topological polar surface area (TPSA) is 66.9 Å². The van der Waals surface area contributed by atoms with Crippen LogP contribution in [0.5, 0.6) is 10.9 Å². The Morgan fingerprint density at radius 1 is 1.17 bits per heavy atom. The molecule has 1 N–H and O–H groups in total. The molecule has 0 aliphatic carbocycles. The fraction of sp³-hybridized carbons (Fsp3) is 0.545. The van der Waals surface area contributed by atoms with Gasteiger partial charge >= 0.3 is 0 Å². The number of carbonyl (C=O) groups is 1. The quantitative estimate of drug-likeness (QED) is 0.790. The summed E-state index contributed by atoms with van der Waals surface area (Å²) in [6.07, 6.45) is 4.22. The molecule has 8 heteroatoms. The third-order valence-electron chi connectivity index (χ3n) is 6.59. The number of nitrogens with one attached hydrogen (secondary N) is 1. The number of piperidine rings is 3. The van der Waals surface area contributed by atoms with E-state index in [2.05, 4.69) is 27.0 Å². The molecule has 2 bridgehead atoms. The molecule has 160 valence electrons. The van der Waals surface area contributed by atoms with E-state index in [1.54, 1.807) is 0 Å². The van der Waals surface area contributed by atoms with E-state index in [0.29, 0.717) is 28.5 Å². The molecule has 1 aromatic carbocycles. The summed E-state index contributed by atoms with van der Waals surface area (Å²) < 4.78 is 11.3. The van der Waals surface area contributed by atoms with Gasteiger partial charge in [-0.25, -0.2) is 4.98 Å². The predicted molar refractivity (Wildman–Crippen MR) is 117 cm³/mol. The number of morpholine rings is 1. The smallest absolute Gasteiger partial charge is 0.280 e. The van der Waals surface area contributed by atoms with Crippen molar-refractivity contribution in [2.75, 3.05) is 44.3 Å². The zero-order valence-corrected chi connectivity index (χ0v) is 18.1. The third kappa shape index (κ3) is 4.04. The minimum atomic E-state index is -0.00370. The highest BCUT2D eigenvalue weighted by Gasteiger charge is 2.40. The summed E-state index contributed by atoms with van der Waals surface area (Å²) in [6.45, 7) is 7.80. The molecule has 0 saturated carbocycles. The number of hydrogen-bond donors (Lipinski definition) is 1. The Labute approximate surface area is 181 Å². The highest BCUT2D eigenvalue weighted by Crippen LogP contribution is 2.33. The number of amides is 1. The summed E-state index contributed by atoms with van der Waals surface area (Å²) in [5.74, 6) is 1.28. The molecular weight excluding hydrogens is 400 g/mol. The van der Waals surface area contributed by atoms with E-state index < -0.39 is 0 Å². The molecule has 7 nitrogen and oxygen atoms in total. The number of nitrogens with zero attached hydrogens (tertiary/aromatic N) is 3. The average Bonchev–Trinajstić information content (AvgIpc) is 3.26. The highest BCUT2D eigenvalue weighted by atomic mass is 32.1. The molecule has 0 radical (unpaired) electrons. The molecule has 1 amide bonds. The summed E-state index contributed by atoms with van der Waals surface area (Å²) in [6, 6.07) is 7.98. The number of aromatic nitrogens is 1. The Morgan fingerprint density at radius 3 is 2.60 bits per heavy atom. The first-order valence-corrected chi connectivity index (χ1v) is 11.6. The van der Waals surface area contributed by atoms with Gasteiger partial charge in [-0.05, 0) is 63.0 Å². The number of carbonyl (C=O) groups excluding carboxylic acids is 1. The van der Waals surface area contributed by atoms with E-state index in [0.717, 1.165) is 44.4 Å². The van der Waals surface area contributed by atoms with Gasteiger partial charge in [0, 0.05) is 30.7 Å². The first kappa shape index (κ1) is 19.8. The zero-order chi connectivity index (χ0) is 20.5.